The Balaban J connectivity index is 1.81. The minimum atomic E-state index is 0.0767. The molecule has 118 valence electrons. The minimum Gasteiger partial charge on any atom is -0.353 e. The second kappa shape index (κ2) is 5.82. The zero-order chi connectivity index (χ0) is 15.7. The Morgan fingerprint density at radius 1 is 1.27 bits per heavy atom. The fourth-order valence-electron chi connectivity index (χ4n) is 2.76. The molecule has 2 aromatic rings. The SMILES string of the molecule is CCc1cc(N2CCN(C(=O)N(C)C)CC2)n2nccc2n1. The molecular formula is C15H22N6O. The average Bonchev–Trinajstić information content (AvgIpc) is 3.01. The summed E-state index contributed by atoms with van der Waals surface area (Å²) in [5, 5.41) is 4.38. The normalized spacial score (nSPS) is 15.4. The third-order valence-electron chi connectivity index (χ3n) is 4.01. The highest BCUT2D eigenvalue weighted by molar-refractivity contribution is 5.74. The van der Waals surface area contributed by atoms with Crippen molar-refractivity contribution >= 4 is 17.5 Å². The zero-order valence-electron chi connectivity index (χ0n) is 13.4. The van der Waals surface area contributed by atoms with Crippen molar-refractivity contribution in [3.05, 3.63) is 24.0 Å². The lowest BCUT2D eigenvalue weighted by atomic mass is 10.2. The van der Waals surface area contributed by atoms with Crippen LogP contribution in [0.25, 0.3) is 5.65 Å². The van der Waals surface area contributed by atoms with Gasteiger partial charge in [-0.3, -0.25) is 0 Å². The summed E-state index contributed by atoms with van der Waals surface area (Å²) in [4.78, 5) is 22.4. The van der Waals surface area contributed by atoms with Gasteiger partial charge in [0.15, 0.2) is 5.65 Å². The molecule has 0 N–H and O–H groups in total. The van der Waals surface area contributed by atoms with Gasteiger partial charge in [-0.1, -0.05) is 6.92 Å². The number of amides is 2. The second-order valence-corrected chi connectivity index (χ2v) is 5.71. The molecule has 1 aliphatic heterocycles. The van der Waals surface area contributed by atoms with Crippen LogP contribution in [-0.2, 0) is 6.42 Å². The van der Waals surface area contributed by atoms with E-state index < -0.39 is 0 Å². The average molecular weight is 302 g/mol. The van der Waals surface area contributed by atoms with Gasteiger partial charge < -0.3 is 14.7 Å². The van der Waals surface area contributed by atoms with Crippen LogP contribution in [-0.4, -0.2) is 70.7 Å². The number of aromatic nitrogens is 3. The number of hydrogen-bond acceptors (Lipinski definition) is 4. The summed E-state index contributed by atoms with van der Waals surface area (Å²) in [5.41, 5.74) is 1.94. The fourth-order valence-corrected chi connectivity index (χ4v) is 2.76. The standard InChI is InChI=1S/C15H22N6O/c1-4-12-11-14(21-13(17-12)5-6-16-21)19-7-9-20(10-8-19)15(22)18(2)3/h5-6,11H,4,7-10H2,1-3H3. The van der Waals surface area contributed by atoms with Crippen LogP contribution in [0.3, 0.4) is 0 Å². The van der Waals surface area contributed by atoms with Crippen molar-refractivity contribution in [2.75, 3.05) is 45.2 Å². The van der Waals surface area contributed by atoms with E-state index in [0.29, 0.717) is 0 Å². The van der Waals surface area contributed by atoms with Crippen LogP contribution in [0.4, 0.5) is 10.6 Å². The Hall–Kier alpha value is -2.31. The van der Waals surface area contributed by atoms with Crippen LogP contribution in [0, 0.1) is 0 Å². The van der Waals surface area contributed by atoms with Crippen molar-refractivity contribution in [3.8, 4) is 0 Å². The Bertz CT molecular complexity index is 672. The molecule has 0 spiro atoms. The number of carbonyl (C=O) groups excluding carboxylic acids is 1. The van der Waals surface area contributed by atoms with Gasteiger partial charge in [-0.15, -0.1) is 0 Å². The third kappa shape index (κ3) is 2.58. The quantitative estimate of drug-likeness (QED) is 0.833. The largest absolute Gasteiger partial charge is 0.353 e. The molecule has 0 saturated carbocycles. The van der Waals surface area contributed by atoms with Gasteiger partial charge >= 0.3 is 6.03 Å². The van der Waals surface area contributed by atoms with Crippen LogP contribution in [0.15, 0.2) is 18.3 Å². The Kier molecular flexibility index (Phi) is 3.87. The molecule has 22 heavy (non-hydrogen) atoms. The number of anilines is 1. The molecule has 0 aliphatic carbocycles. The molecule has 0 atom stereocenters. The van der Waals surface area contributed by atoms with E-state index in [1.165, 1.54) is 0 Å². The Labute approximate surface area is 130 Å². The van der Waals surface area contributed by atoms with Crippen molar-refractivity contribution in [2.45, 2.75) is 13.3 Å². The Morgan fingerprint density at radius 2 is 2.00 bits per heavy atom. The maximum absolute atomic E-state index is 12.0. The third-order valence-corrected chi connectivity index (χ3v) is 4.01. The van der Waals surface area contributed by atoms with E-state index in [2.05, 4.69) is 28.0 Å². The molecule has 2 aromatic heterocycles. The first kappa shape index (κ1) is 14.6. The number of urea groups is 1. The maximum Gasteiger partial charge on any atom is 0.319 e. The van der Waals surface area contributed by atoms with Crippen LogP contribution in [0.5, 0.6) is 0 Å². The van der Waals surface area contributed by atoms with E-state index in [0.717, 1.165) is 49.8 Å². The van der Waals surface area contributed by atoms with Crippen LogP contribution in [0.2, 0.25) is 0 Å². The Morgan fingerprint density at radius 3 is 2.64 bits per heavy atom. The summed E-state index contributed by atoms with van der Waals surface area (Å²) in [6, 6.07) is 4.10. The van der Waals surface area contributed by atoms with Crippen molar-refractivity contribution in [1.29, 1.82) is 0 Å². The zero-order valence-corrected chi connectivity index (χ0v) is 13.4. The van der Waals surface area contributed by atoms with E-state index in [1.807, 2.05) is 15.5 Å². The molecule has 7 heteroatoms. The highest BCUT2D eigenvalue weighted by atomic mass is 16.2. The predicted octanol–water partition coefficient (Wildman–Crippen LogP) is 1.10. The molecule has 3 rings (SSSR count). The molecule has 3 heterocycles. The molecule has 1 saturated heterocycles. The first-order chi connectivity index (χ1) is 10.6. The van der Waals surface area contributed by atoms with Gasteiger partial charge in [0, 0.05) is 58.1 Å². The van der Waals surface area contributed by atoms with E-state index in [1.54, 1.807) is 25.2 Å². The molecular weight excluding hydrogens is 280 g/mol. The smallest absolute Gasteiger partial charge is 0.319 e. The minimum absolute atomic E-state index is 0.0767. The van der Waals surface area contributed by atoms with Gasteiger partial charge in [-0.2, -0.15) is 9.61 Å². The lowest BCUT2D eigenvalue weighted by molar-refractivity contribution is 0.168. The van der Waals surface area contributed by atoms with Crippen molar-refractivity contribution in [2.24, 2.45) is 0 Å². The van der Waals surface area contributed by atoms with Crippen LogP contribution < -0.4 is 4.90 Å². The second-order valence-electron chi connectivity index (χ2n) is 5.71. The first-order valence-corrected chi connectivity index (χ1v) is 7.65. The summed E-state index contributed by atoms with van der Waals surface area (Å²) in [5.74, 6) is 1.06. The fraction of sp³-hybridized carbons (Fsp3) is 0.533. The number of fused-ring (bicyclic) bond motifs is 1. The van der Waals surface area contributed by atoms with Crippen molar-refractivity contribution < 1.29 is 4.79 Å². The van der Waals surface area contributed by atoms with E-state index in [-0.39, 0.29) is 6.03 Å². The van der Waals surface area contributed by atoms with Gasteiger partial charge in [0.25, 0.3) is 0 Å². The van der Waals surface area contributed by atoms with Crippen LogP contribution >= 0.6 is 0 Å². The number of nitrogens with zero attached hydrogens (tertiary/aromatic N) is 6. The van der Waals surface area contributed by atoms with Crippen LogP contribution in [0.1, 0.15) is 12.6 Å². The number of hydrogen-bond donors (Lipinski definition) is 0. The highest BCUT2D eigenvalue weighted by Gasteiger charge is 2.24. The molecule has 1 aliphatic rings. The number of aryl methyl sites for hydroxylation is 1. The summed E-state index contributed by atoms with van der Waals surface area (Å²) < 4.78 is 1.88. The number of rotatable bonds is 2. The van der Waals surface area contributed by atoms with Gasteiger partial charge in [0.2, 0.25) is 0 Å². The lowest BCUT2D eigenvalue weighted by Gasteiger charge is -2.37. The predicted molar refractivity (Wildman–Crippen MR) is 85.2 cm³/mol. The summed E-state index contributed by atoms with van der Waals surface area (Å²) in [6.45, 7) is 5.17. The van der Waals surface area contributed by atoms with E-state index >= 15 is 0 Å². The number of carbonyl (C=O) groups is 1. The molecule has 0 unspecified atom stereocenters. The number of piperazine rings is 1. The molecule has 2 amide bonds. The molecule has 7 nitrogen and oxygen atoms in total. The first-order valence-electron chi connectivity index (χ1n) is 7.65. The van der Waals surface area contributed by atoms with Gasteiger partial charge in [-0.25, -0.2) is 9.78 Å². The van der Waals surface area contributed by atoms with Gasteiger partial charge in [0.1, 0.15) is 5.82 Å². The van der Waals surface area contributed by atoms with Gasteiger partial charge in [0.05, 0.1) is 6.20 Å². The monoisotopic (exact) mass is 302 g/mol. The summed E-state index contributed by atoms with van der Waals surface area (Å²) in [7, 11) is 3.58. The lowest BCUT2D eigenvalue weighted by Crippen LogP contribution is -2.51. The topological polar surface area (TPSA) is 57.0 Å². The molecule has 0 radical (unpaired) electrons. The maximum atomic E-state index is 12.0. The molecule has 0 aromatic carbocycles. The van der Waals surface area contributed by atoms with Gasteiger partial charge in [-0.05, 0) is 6.42 Å². The summed E-state index contributed by atoms with van der Waals surface area (Å²) >= 11 is 0. The van der Waals surface area contributed by atoms with E-state index in [4.69, 9.17) is 0 Å². The van der Waals surface area contributed by atoms with E-state index in [9.17, 15) is 4.79 Å². The summed E-state index contributed by atoms with van der Waals surface area (Å²) in [6.07, 6.45) is 2.67. The molecule has 1 fully saturated rings. The van der Waals surface area contributed by atoms with Crippen molar-refractivity contribution in [1.82, 2.24) is 24.4 Å². The highest BCUT2D eigenvalue weighted by Crippen LogP contribution is 2.19. The molecule has 0 bridgehead atoms. The van der Waals surface area contributed by atoms with Crippen molar-refractivity contribution in [3.63, 3.8) is 0 Å².